The van der Waals surface area contributed by atoms with E-state index < -0.39 is 0 Å². The highest BCUT2D eigenvalue weighted by Gasteiger charge is 2.21. The van der Waals surface area contributed by atoms with Crippen LogP contribution >= 0.6 is 23.3 Å². The Bertz CT molecular complexity index is 987. The largest absolute Gasteiger partial charge is 0.324 e. The van der Waals surface area contributed by atoms with Gasteiger partial charge in [0, 0.05) is 17.1 Å². The number of halogens is 2. The minimum absolute atomic E-state index is 0.320. The van der Waals surface area contributed by atoms with Crippen molar-refractivity contribution in [3.8, 4) is 11.1 Å². The normalized spacial score (nSPS) is 14.7. The summed E-state index contributed by atoms with van der Waals surface area (Å²) in [6.07, 6.45) is 1.74. The van der Waals surface area contributed by atoms with Gasteiger partial charge in [0.1, 0.15) is 16.6 Å². The van der Waals surface area contributed by atoms with Gasteiger partial charge in [-0.2, -0.15) is 0 Å². The van der Waals surface area contributed by atoms with Gasteiger partial charge in [-0.3, -0.25) is 4.72 Å². The number of guanidine groups is 1. The molecule has 4 nitrogen and oxygen atoms in total. The van der Waals surface area contributed by atoms with E-state index in [0.29, 0.717) is 39.8 Å². The molecule has 0 atom stereocenters. The van der Waals surface area contributed by atoms with Crippen molar-refractivity contribution in [1.29, 1.82) is 0 Å². The molecule has 0 radical (unpaired) electrons. The molecule has 1 aliphatic heterocycles. The fourth-order valence-corrected chi connectivity index (χ4v) is 4.00. The molecule has 2 aromatic carbocycles. The van der Waals surface area contributed by atoms with Crippen LogP contribution in [0.3, 0.4) is 0 Å². The lowest BCUT2D eigenvalue weighted by atomic mass is 9.98. The van der Waals surface area contributed by atoms with Crippen LogP contribution in [-0.4, -0.2) is 10.9 Å². The smallest absolute Gasteiger partial charge is 0.206 e. The van der Waals surface area contributed by atoms with Gasteiger partial charge in [-0.15, -0.1) is 11.3 Å². The molecule has 0 fully saturated rings. The van der Waals surface area contributed by atoms with Crippen LogP contribution < -0.4 is 10.0 Å². The van der Waals surface area contributed by atoms with E-state index in [-0.39, 0.29) is 11.6 Å². The lowest BCUT2D eigenvalue weighted by Crippen LogP contribution is -2.30. The van der Waals surface area contributed by atoms with Crippen molar-refractivity contribution in [2.24, 2.45) is 4.99 Å². The van der Waals surface area contributed by atoms with Crippen LogP contribution in [0.1, 0.15) is 10.6 Å². The van der Waals surface area contributed by atoms with Crippen molar-refractivity contribution in [2.75, 3.05) is 5.32 Å². The number of thiazole rings is 1. The van der Waals surface area contributed by atoms with E-state index in [2.05, 4.69) is 20.0 Å². The lowest BCUT2D eigenvalue weighted by Gasteiger charge is -2.24. The number of anilines is 1. The fourth-order valence-electron chi connectivity index (χ4n) is 2.70. The second kappa shape index (κ2) is 7.05. The molecule has 0 amide bonds. The van der Waals surface area contributed by atoms with E-state index in [9.17, 15) is 8.78 Å². The van der Waals surface area contributed by atoms with E-state index in [1.165, 1.54) is 41.5 Å². The first-order valence-corrected chi connectivity index (χ1v) is 9.53. The number of nitrogens with one attached hydrogen (secondary N) is 2. The maximum absolute atomic E-state index is 14.1. The van der Waals surface area contributed by atoms with E-state index in [4.69, 9.17) is 0 Å². The average Bonchev–Trinajstić information content (AvgIpc) is 3.15. The Morgan fingerprint density at radius 2 is 2.08 bits per heavy atom. The Morgan fingerprint density at radius 1 is 1.19 bits per heavy atom. The molecule has 1 aromatic heterocycles. The monoisotopic (exact) mass is 388 g/mol. The minimum atomic E-state index is -0.373. The van der Waals surface area contributed by atoms with Gasteiger partial charge in [-0.1, -0.05) is 12.1 Å². The SMILES string of the molecule is Cc1c(F)cccc1-c1cc(F)cc2c1NC(=NCc1nccs1)NS2. The number of aliphatic imine (C=N–C) groups is 1. The van der Waals surface area contributed by atoms with Gasteiger partial charge in [-0.25, -0.2) is 18.8 Å². The van der Waals surface area contributed by atoms with Gasteiger partial charge in [0.05, 0.1) is 17.1 Å². The highest BCUT2D eigenvalue weighted by molar-refractivity contribution is 7.98. The molecule has 0 bridgehead atoms. The number of rotatable bonds is 3. The summed E-state index contributed by atoms with van der Waals surface area (Å²) in [4.78, 5) is 9.37. The van der Waals surface area contributed by atoms with Crippen molar-refractivity contribution in [3.63, 3.8) is 0 Å². The number of aromatic nitrogens is 1. The van der Waals surface area contributed by atoms with Crippen molar-refractivity contribution < 1.29 is 8.78 Å². The van der Waals surface area contributed by atoms with Gasteiger partial charge in [-0.05, 0) is 48.2 Å². The van der Waals surface area contributed by atoms with Gasteiger partial charge < -0.3 is 5.32 Å². The predicted molar refractivity (Wildman–Crippen MR) is 102 cm³/mol. The molecule has 0 aliphatic carbocycles. The molecule has 0 saturated carbocycles. The standard InChI is InChI=1S/C18H14F2N4S2/c1-10-12(3-2-4-14(10)20)13-7-11(19)8-15-17(13)23-18(24-26-15)22-9-16-21-5-6-25-16/h2-8H,9H2,1H3,(H2,22,23,24). The summed E-state index contributed by atoms with van der Waals surface area (Å²) in [7, 11) is 0. The lowest BCUT2D eigenvalue weighted by molar-refractivity contribution is 0.618. The molecule has 0 unspecified atom stereocenters. The first kappa shape index (κ1) is 17.0. The summed E-state index contributed by atoms with van der Waals surface area (Å²) in [6.45, 7) is 2.13. The van der Waals surface area contributed by atoms with E-state index in [0.717, 1.165) is 5.01 Å². The Morgan fingerprint density at radius 3 is 2.88 bits per heavy atom. The third kappa shape index (κ3) is 3.30. The molecule has 132 valence electrons. The van der Waals surface area contributed by atoms with Gasteiger partial charge in [0.2, 0.25) is 5.96 Å². The summed E-state index contributed by atoms with van der Waals surface area (Å²) in [5.41, 5.74) is 2.44. The summed E-state index contributed by atoms with van der Waals surface area (Å²) >= 11 is 2.80. The maximum Gasteiger partial charge on any atom is 0.206 e. The molecule has 26 heavy (non-hydrogen) atoms. The van der Waals surface area contributed by atoms with Crippen molar-refractivity contribution in [3.05, 3.63) is 64.1 Å². The molecule has 1 aliphatic rings. The average molecular weight is 388 g/mol. The second-order valence-electron chi connectivity index (χ2n) is 5.66. The fraction of sp³-hybridized carbons (Fsp3) is 0.111. The summed E-state index contributed by atoms with van der Waals surface area (Å²) in [5, 5.41) is 6.00. The van der Waals surface area contributed by atoms with Crippen LogP contribution in [0.5, 0.6) is 0 Å². The molecule has 3 aromatic rings. The van der Waals surface area contributed by atoms with E-state index in [1.54, 1.807) is 25.3 Å². The summed E-state index contributed by atoms with van der Waals surface area (Å²) in [5.74, 6) is -0.138. The molecule has 4 rings (SSSR count). The van der Waals surface area contributed by atoms with Crippen molar-refractivity contribution >= 4 is 34.9 Å². The minimum Gasteiger partial charge on any atom is -0.324 e. The Kier molecular flexibility index (Phi) is 4.60. The third-order valence-corrected chi connectivity index (χ3v) is 5.58. The van der Waals surface area contributed by atoms with Crippen LogP contribution in [0, 0.1) is 18.6 Å². The zero-order chi connectivity index (χ0) is 18.1. The van der Waals surface area contributed by atoms with E-state index >= 15 is 0 Å². The van der Waals surface area contributed by atoms with E-state index in [1.807, 2.05) is 5.38 Å². The zero-order valence-electron chi connectivity index (χ0n) is 13.7. The third-order valence-electron chi connectivity index (χ3n) is 3.98. The Hall–Kier alpha value is -2.45. The van der Waals surface area contributed by atoms with Crippen LogP contribution in [0.25, 0.3) is 11.1 Å². The van der Waals surface area contributed by atoms with Gasteiger partial charge in [0.25, 0.3) is 0 Å². The molecular weight excluding hydrogens is 374 g/mol. The molecule has 2 N–H and O–H groups in total. The molecule has 2 heterocycles. The quantitative estimate of drug-likeness (QED) is 0.622. The first-order valence-electron chi connectivity index (χ1n) is 7.83. The summed E-state index contributed by atoms with van der Waals surface area (Å²) in [6, 6.07) is 7.66. The van der Waals surface area contributed by atoms with Crippen LogP contribution in [0.2, 0.25) is 0 Å². The van der Waals surface area contributed by atoms with Crippen molar-refractivity contribution in [1.82, 2.24) is 9.71 Å². The van der Waals surface area contributed by atoms with Crippen LogP contribution in [-0.2, 0) is 6.54 Å². The van der Waals surface area contributed by atoms with Crippen LogP contribution in [0.4, 0.5) is 14.5 Å². The molecular formula is C18H14F2N4S2. The molecule has 8 heteroatoms. The highest BCUT2D eigenvalue weighted by Crippen LogP contribution is 2.40. The number of benzene rings is 2. The number of fused-ring (bicyclic) bond motifs is 1. The zero-order valence-corrected chi connectivity index (χ0v) is 15.3. The first-order chi connectivity index (χ1) is 12.6. The maximum atomic E-state index is 14.1. The van der Waals surface area contributed by atoms with Crippen LogP contribution in [0.15, 0.2) is 51.8 Å². The number of hydrogen-bond donors (Lipinski definition) is 2. The number of nitrogens with zero attached hydrogens (tertiary/aromatic N) is 2. The number of hydrogen-bond acceptors (Lipinski definition) is 4. The second-order valence-corrected chi connectivity index (χ2v) is 7.49. The highest BCUT2D eigenvalue weighted by atomic mass is 32.2. The Balaban J connectivity index is 1.73. The summed E-state index contributed by atoms with van der Waals surface area (Å²) < 4.78 is 31.2. The predicted octanol–water partition coefficient (Wildman–Crippen LogP) is 4.98. The van der Waals surface area contributed by atoms with Gasteiger partial charge >= 0.3 is 0 Å². The molecule has 0 spiro atoms. The van der Waals surface area contributed by atoms with Gasteiger partial charge in [0.15, 0.2) is 0 Å². The Labute approximate surface area is 157 Å². The van der Waals surface area contributed by atoms with Crippen molar-refractivity contribution in [2.45, 2.75) is 18.4 Å². The topological polar surface area (TPSA) is 49.3 Å². The molecule has 0 saturated heterocycles.